The Hall–Kier alpha value is -2.35. The first-order valence-corrected chi connectivity index (χ1v) is 8.21. The number of para-hydroxylation sites is 1. The first-order valence-electron chi connectivity index (χ1n) is 8.21. The highest BCUT2D eigenvalue weighted by Crippen LogP contribution is 2.36. The molecule has 0 amide bonds. The molecule has 0 aliphatic carbocycles. The number of Topliss-reactive ketones (excluding diaryl/α,β-unsaturated/α-hetero) is 1. The molecular weight excluding hydrogens is 327 g/mol. The van der Waals surface area contributed by atoms with Crippen LogP contribution in [0.2, 0.25) is 5.82 Å². The monoisotopic (exact) mass is 348 g/mol. The predicted octanol–water partition coefficient (Wildman–Crippen LogP) is 1.91. The van der Waals surface area contributed by atoms with E-state index in [4.69, 9.17) is 9.39 Å². The van der Waals surface area contributed by atoms with Crippen molar-refractivity contribution in [3.05, 3.63) is 29.3 Å². The van der Waals surface area contributed by atoms with E-state index in [0.717, 1.165) is 12.0 Å². The summed E-state index contributed by atoms with van der Waals surface area (Å²) >= 11 is 0. The number of fused-ring (bicyclic) bond motifs is 1. The van der Waals surface area contributed by atoms with Crippen molar-refractivity contribution in [3.8, 4) is 5.75 Å². The minimum absolute atomic E-state index is 0.0792. The average molecular weight is 348 g/mol. The van der Waals surface area contributed by atoms with Crippen molar-refractivity contribution in [2.75, 3.05) is 6.79 Å². The number of benzene rings is 1. The van der Waals surface area contributed by atoms with Crippen LogP contribution in [0.15, 0.2) is 18.2 Å². The molecule has 1 aromatic rings. The first kappa shape index (κ1) is 19.0. The fraction of sp³-hybridized carbons (Fsp3) is 0.471. The smallest absolute Gasteiger partial charge is 0.526 e. The van der Waals surface area contributed by atoms with Gasteiger partial charge in [0.15, 0.2) is 0 Å². The van der Waals surface area contributed by atoms with Gasteiger partial charge in [-0.3, -0.25) is 9.59 Å². The molecule has 0 aromatic heterocycles. The maximum atomic E-state index is 12.1. The number of ketones is 1. The van der Waals surface area contributed by atoms with Gasteiger partial charge in [0.2, 0.25) is 6.79 Å². The minimum atomic E-state index is -1.17. The second-order valence-corrected chi connectivity index (χ2v) is 5.94. The molecule has 1 aliphatic heterocycles. The number of hydrogen-bond donors (Lipinski definition) is 1. The average Bonchev–Trinajstić information content (AvgIpc) is 2.54. The SMILES string of the molecule is CCCC(=O)C[C@H]1Cc2cccc(C(=O)OCOC(C)=O)c2OB1O. The summed E-state index contributed by atoms with van der Waals surface area (Å²) in [5.74, 6) is -1.31. The molecule has 25 heavy (non-hydrogen) atoms. The Morgan fingerprint density at radius 2 is 2.08 bits per heavy atom. The van der Waals surface area contributed by atoms with Crippen LogP contribution >= 0.6 is 0 Å². The van der Waals surface area contributed by atoms with E-state index in [2.05, 4.69) is 4.74 Å². The number of esters is 2. The van der Waals surface area contributed by atoms with Crippen LogP contribution in [0.1, 0.15) is 49.0 Å². The Bertz CT molecular complexity index is 658. The van der Waals surface area contributed by atoms with Crippen LogP contribution < -0.4 is 4.65 Å². The van der Waals surface area contributed by atoms with Gasteiger partial charge in [0.25, 0.3) is 0 Å². The number of hydrogen-bond acceptors (Lipinski definition) is 7. The van der Waals surface area contributed by atoms with Crippen molar-refractivity contribution in [1.82, 2.24) is 0 Å². The van der Waals surface area contributed by atoms with Crippen LogP contribution in [0.3, 0.4) is 0 Å². The zero-order valence-corrected chi connectivity index (χ0v) is 14.3. The van der Waals surface area contributed by atoms with Gasteiger partial charge in [-0.1, -0.05) is 19.1 Å². The summed E-state index contributed by atoms with van der Waals surface area (Å²) in [4.78, 5) is 34.7. The van der Waals surface area contributed by atoms with Gasteiger partial charge < -0.3 is 19.2 Å². The molecule has 0 spiro atoms. The molecule has 2 rings (SSSR count). The van der Waals surface area contributed by atoms with E-state index in [0.29, 0.717) is 12.8 Å². The fourth-order valence-electron chi connectivity index (χ4n) is 2.74. The van der Waals surface area contributed by atoms with E-state index in [1.807, 2.05) is 6.92 Å². The van der Waals surface area contributed by atoms with Crippen molar-refractivity contribution in [1.29, 1.82) is 0 Å². The summed E-state index contributed by atoms with van der Waals surface area (Å²) in [7, 11) is -1.17. The van der Waals surface area contributed by atoms with Gasteiger partial charge in [-0.05, 0) is 24.5 Å². The lowest BCUT2D eigenvalue weighted by Crippen LogP contribution is -2.36. The van der Waals surface area contributed by atoms with Gasteiger partial charge in [0.05, 0.1) is 0 Å². The summed E-state index contributed by atoms with van der Waals surface area (Å²) in [6.45, 7) is 2.64. The second-order valence-electron chi connectivity index (χ2n) is 5.94. The lowest BCUT2D eigenvalue weighted by molar-refractivity contribution is -0.149. The van der Waals surface area contributed by atoms with Crippen molar-refractivity contribution in [2.45, 2.75) is 45.3 Å². The van der Waals surface area contributed by atoms with Crippen molar-refractivity contribution in [2.24, 2.45) is 0 Å². The van der Waals surface area contributed by atoms with E-state index in [1.54, 1.807) is 12.1 Å². The standard InChI is InChI=1S/C17H21BO7/c1-3-5-14(20)9-13-8-12-6-4-7-15(16(12)25-18(13)22)17(21)24-10-23-11(2)19/h4,6-7,13,22H,3,5,8-10H2,1-2H3/t13-/m1/s1. The Labute approximate surface area is 146 Å². The molecule has 1 heterocycles. The highest BCUT2D eigenvalue weighted by Gasteiger charge is 2.37. The van der Waals surface area contributed by atoms with Gasteiger partial charge in [0.1, 0.15) is 17.1 Å². The molecule has 0 radical (unpaired) electrons. The van der Waals surface area contributed by atoms with Gasteiger partial charge >= 0.3 is 19.1 Å². The largest absolute Gasteiger partial charge is 0.535 e. The molecule has 1 N–H and O–H groups in total. The fourth-order valence-corrected chi connectivity index (χ4v) is 2.74. The number of rotatable bonds is 7. The highest BCUT2D eigenvalue weighted by atomic mass is 16.7. The van der Waals surface area contributed by atoms with Crippen LogP contribution in [0.4, 0.5) is 0 Å². The Morgan fingerprint density at radius 3 is 2.76 bits per heavy atom. The van der Waals surface area contributed by atoms with Crippen molar-refractivity contribution in [3.63, 3.8) is 0 Å². The molecule has 0 saturated heterocycles. The molecule has 8 heteroatoms. The molecule has 1 aromatic carbocycles. The number of ether oxygens (including phenoxy) is 2. The zero-order chi connectivity index (χ0) is 18.4. The van der Waals surface area contributed by atoms with Crippen molar-refractivity contribution >= 4 is 24.8 Å². The predicted molar refractivity (Wildman–Crippen MR) is 89.1 cm³/mol. The van der Waals surface area contributed by atoms with Crippen LogP contribution in [-0.4, -0.2) is 36.7 Å². The van der Waals surface area contributed by atoms with E-state index >= 15 is 0 Å². The van der Waals surface area contributed by atoms with Gasteiger partial charge in [-0.15, -0.1) is 0 Å². The van der Waals surface area contributed by atoms with Gasteiger partial charge in [0, 0.05) is 25.6 Å². The van der Waals surface area contributed by atoms with Crippen LogP contribution in [0.25, 0.3) is 0 Å². The minimum Gasteiger partial charge on any atom is -0.535 e. The quantitative estimate of drug-likeness (QED) is 0.456. The molecule has 7 nitrogen and oxygen atoms in total. The Morgan fingerprint density at radius 1 is 1.32 bits per heavy atom. The van der Waals surface area contributed by atoms with Gasteiger partial charge in [-0.25, -0.2) is 4.79 Å². The summed E-state index contributed by atoms with van der Waals surface area (Å²) < 4.78 is 14.9. The third kappa shape index (κ3) is 5.06. The second kappa shape index (κ2) is 8.66. The molecule has 0 unspecified atom stereocenters. The molecule has 0 bridgehead atoms. The third-order valence-corrected chi connectivity index (χ3v) is 3.91. The number of carbonyl (C=O) groups excluding carboxylic acids is 3. The summed E-state index contributed by atoms with van der Waals surface area (Å²) in [6, 6.07) is 4.96. The maximum absolute atomic E-state index is 12.1. The summed E-state index contributed by atoms with van der Waals surface area (Å²) in [5, 5.41) is 10.2. The summed E-state index contributed by atoms with van der Waals surface area (Å²) in [5.41, 5.74) is 0.864. The van der Waals surface area contributed by atoms with E-state index < -0.39 is 25.8 Å². The van der Waals surface area contributed by atoms with E-state index in [-0.39, 0.29) is 29.3 Å². The Kier molecular flexibility index (Phi) is 6.58. The van der Waals surface area contributed by atoms with Crippen molar-refractivity contribution < 1.29 is 33.5 Å². The molecule has 134 valence electrons. The number of carbonyl (C=O) groups is 3. The molecule has 1 atom stereocenters. The lowest BCUT2D eigenvalue weighted by atomic mass is 9.64. The van der Waals surface area contributed by atoms with Crippen LogP contribution in [0.5, 0.6) is 5.75 Å². The van der Waals surface area contributed by atoms with E-state index in [9.17, 15) is 19.4 Å². The summed E-state index contributed by atoms with van der Waals surface area (Å²) in [6.07, 6.45) is 1.89. The highest BCUT2D eigenvalue weighted by molar-refractivity contribution is 6.47. The molecule has 0 saturated carbocycles. The van der Waals surface area contributed by atoms with Gasteiger partial charge in [-0.2, -0.15) is 0 Å². The van der Waals surface area contributed by atoms with E-state index in [1.165, 1.54) is 13.0 Å². The molecule has 0 fully saturated rings. The molecular formula is C17H21BO7. The molecule has 1 aliphatic rings. The Balaban J connectivity index is 2.10. The lowest BCUT2D eigenvalue weighted by Gasteiger charge is -2.28. The first-order chi connectivity index (χ1) is 11.9. The van der Waals surface area contributed by atoms with Crippen LogP contribution in [0, 0.1) is 0 Å². The topological polar surface area (TPSA) is 99.1 Å². The van der Waals surface area contributed by atoms with Crippen LogP contribution in [-0.2, 0) is 25.5 Å². The maximum Gasteiger partial charge on any atom is 0.526 e. The third-order valence-electron chi connectivity index (χ3n) is 3.91. The zero-order valence-electron chi connectivity index (χ0n) is 14.3. The normalized spacial score (nSPS) is 15.8.